The highest BCUT2D eigenvalue weighted by Gasteiger charge is 2.07. The summed E-state index contributed by atoms with van der Waals surface area (Å²) in [5, 5.41) is 9.20. The third-order valence-electron chi connectivity index (χ3n) is 1.71. The molecule has 0 aliphatic rings. The number of hydrogen-bond donors (Lipinski definition) is 1. The Morgan fingerprint density at radius 3 is 2.93 bits per heavy atom. The fourth-order valence-electron chi connectivity index (χ4n) is 1.05. The summed E-state index contributed by atoms with van der Waals surface area (Å²) in [6, 6.07) is 3.64. The molecule has 0 aromatic carbocycles. The van der Waals surface area contributed by atoms with Crippen molar-refractivity contribution in [2.45, 2.75) is 6.92 Å². The number of hydrogen-bond acceptors (Lipinski definition) is 4. The molecule has 6 nitrogen and oxygen atoms in total. The molecular formula is C7H6BrN5O. The van der Waals surface area contributed by atoms with Crippen LogP contribution in [0.2, 0.25) is 0 Å². The van der Waals surface area contributed by atoms with Crippen LogP contribution in [0.5, 0.6) is 0 Å². The van der Waals surface area contributed by atoms with Crippen LogP contribution >= 0.6 is 15.9 Å². The van der Waals surface area contributed by atoms with Crippen LogP contribution < -0.4 is 5.69 Å². The average Bonchev–Trinajstić information content (AvgIpc) is 2.56. The Morgan fingerprint density at radius 2 is 2.29 bits per heavy atom. The minimum atomic E-state index is -0.404. The Kier molecular flexibility index (Phi) is 2.16. The van der Waals surface area contributed by atoms with Crippen molar-refractivity contribution in [3.05, 3.63) is 32.8 Å². The molecular weight excluding hydrogens is 250 g/mol. The highest BCUT2D eigenvalue weighted by molar-refractivity contribution is 9.10. The van der Waals surface area contributed by atoms with Crippen LogP contribution in [-0.4, -0.2) is 25.2 Å². The molecule has 0 unspecified atom stereocenters. The number of rotatable bonds is 1. The van der Waals surface area contributed by atoms with Crippen molar-refractivity contribution in [2.24, 2.45) is 0 Å². The van der Waals surface area contributed by atoms with Gasteiger partial charge < -0.3 is 0 Å². The number of pyridine rings is 1. The Balaban J connectivity index is 2.68. The van der Waals surface area contributed by atoms with Crippen molar-refractivity contribution in [1.29, 1.82) is 0 Å². The molecule has 0 spiro atoms. The predicted molar refractivity (Wildman–Crippen MR) is 52.2 cm³/mol. The van der Waals surface area contributed by atoms with Gasteiger partial charge in [-0.25, -0.2) is 14.9 Å². The van der Waals surface area contributed by atoms with Crippen molar-refractivity contribution in [1.82, 2.24) is 25.2 Å². The maximum atomic E-state index is 11.2. The van der Waals surface area contributed by atoms with Crippen molar-refractivity contribution < 1.29 is 0 Å². The van der Waals surface area contributed by atoms with E-state index in [0.29, 0.717) is 10.4 Å². The molecule has 0 aliphatic heterocycles. The lowest BCUT2D eigenvalue weighted by Crippen LogP contribution is -2.18. The van der Waals surface area contributed by atoms with Gasteiger partial charge in [-0.2, -0.15) is 0 Å². The maximum Gasteiger partial charge on any atom is 0.367 e. The van der Waals surface area contributed by atoms with E-state index in [2.05, 4.69) is 36.4 Å². The first kappa shape index (κ1) is 9.07. The molecule has 72 valence electrons. The number of aryl methyl sites for hydroxylation is 1. The highest BCUT2D eigenvalue weighted by Crippen LogP contribution is 2.12. The van der Waals surface area contributed by atoms with Gasteiger partial charge in [0.1, 0.15) is 4.60 Å². The monoisotopic (exact) mass is 255 g/mol. The SMILES string of the molecule is Cc1ccc(Br)nc1-n1nn[nH]c1=O. The van der Waals surface area contributed by atoms with E-state index in [4.69, 9.17) is 0 Å². The quantitative estimate of drug-likeness (QED) is 0.750. The van der Waals surface area contributed by atoms with Crippen LogP contribution in [0, 0.1) is 6.92 Å². The molecule has 0 saturated heterocycles. The third-order valence-corrected chi connectivity index (χ3v) is 2.15. The van der Waals surface area contributed by atoms with Crippen molar-refractivity contribution in [3.63, 3.8) is 0 Å². The summed E-state index contributed by atoms with van der Waals surface area (Å²) in [5.41, 5.74) is 0.447. The van der Waals surface area contributed by atoms with Crippen LogP contribution in [0.3, 0.4) is 0 Å². The minimum absolute atomic E-state index is 0.404. The highest BCUT2D eigenvalue weighted by atomic mass is 79.9. The van der Waals surface area contributed by atoms with Crippen molar-refractivity contribution in [3.8, 4) is 5.82 Å². The summed E-state index contributed by atoms with van der Waals surface area (Å²) < 4.78 is 1.76. The topological polar surface area (TPSA) is 76.5 Å². The Bertz CT molecular complexity index is 517. The molecule has 0 atom stereocenters. The Morgan fingerprint density at radius 1 is 1.50 bits per heavy atom. The first-order chi connectivity index (χ1) is 6.68. The molecule has 0 bridgehead atoms. The van der Waals surface area contributed by atoms with Gasteiger partial charge in [0.15, 0.2) is 5.82 Å². The molecule has 2 aromatic rings. The van der Waals surface area contributed by atoms with E-state index in [9.17, 15) is 4.79 Å². The number of tetrazole rings is 1. The lowest BCUT2D eigenvalue weighted by atomic mass is 10.3. The smallest absolute Gasteiger partial charge is 0.244 e. The summed E-state index contributed by atoms with van der Waals surface area (Å²) in [7, 11) is 0. The zero-order valence-corrected chi connectivity index (χ0v) is 8.82. The van der Waals surface area contributed by atoms with E-state index in [-0.39, 0.29) is 0 Å². The van der Waals surface area contributed by atoms with Crippen molar-refractivity contribution >= 4 is 15.9 Å². The van der Waals surface area contributed by atoms with E-state index in [1.165, 1.54) is 0 Å². The third kappa shape index (κ3) is 1.46. The van der Waals surface area contributed by atoms with Gasteiger partial charge in [-0.05, 0) is 44.9 Å². The van der Waals surface area contributed by atoms with E-state index in [1.807, 2.05) is 13.0 Å². The fraction of sp³-hybridized carbons (Fsp3) is 0.143. The molecule has 0 saturated carbocycles. The second-order valence-electron chi connectivity index (χ2n) is 2.69. The zero-order valence-electron chi connectivity index (χ0n) is 7.23. The molecule has 7 heteroatoms. The van der Waals surface area contributed by atoms with E-state index >= 15 is 0 Å². The molecule has 0 aliphatic carbocycles. The maximum absolute atomic E-state index is 11.2. The summed E-state index contributed by atoms with van der Waals surface area (Å²) in [6.07, 6.45) is 0. The fourth-order valence-corrected chi connectivity index (χ4v) is 1.35. The number of nitrogens with zero attached hydrogens (tertiary/aromatic N) is 4. The van der Waals surface area contributed by atoms with Crippen molar-refractivity contribution in [2.75, 3.05) is 0 Å². The second-order valence-corrected chi connectivity index (χ2v) is 3.51. The summed E-state index contributed by atoms with van der Waals surface area (Å²) in [5.74, 6) is 0.470. The average molecular weight is 256 g/mol. The van der Waals surface area contributed by atoms with Gasteiger partial charge in [-0.3, -0.25) is 0 Å². The Hall–Kier alpha value is -1.50. The standard InChI is InChI=1S/C7H6BrN5O/c1-4-2-3-5(8)9-6(4)13-7(14)10-11-12-13/h2-3H,1H3,(H,10,12,14). The normalized spacial score (nSPS) is 10.4. The van der Waals surface area contributed by atoms with Gasteiger partial charge in [0.25, 0.3) is 0 Å². The van der Waals surface area contributed by atoms with E-state index in [0.717, 1.165) is 10.2 Å². The molecule has 0 radical (unpaired) electrons. The zero-order chi connectivity index (χ0) is 10.1. The van der Waals surface area contributed by atoms with Crippen LogP contribution in [0.1, 0.15) is 5.56 Å². The van der Waals surface area contributed by atoms with Crippen LogP contribution in [0.15, 0.2) is 21.5 Å². The summed E-state index contributed by atoms with van der Waals surface area (Å²) in [6.45, 7) is 1.84. The van der Waals surface area contributed by atoms with Gasteiger partial charge >= 0.3 is 5.69 Å². The van der Waals surface area contributed by atoms with Crippen LogP contribution in [0.25, 0.3) is 5.82 Å². The summed E-state index contributed by atoms with van der Waals surface area (Å²) >= 11 is 3.22. The Labute approximate surface area is 87.1 Å². The lowest BCUT2D eigenvalue weighted by molar-refractivity contribution is 0.753. The largest absolute Gasteiger partial charge is 0.367 e. The molecule has 2 aromatic heterocycles. The van der Waals surface area contributed by atoms with Crippen LogP contribution in [0.4, 0.5) is 0 Å². The number of nitrogens with one attached hydrogen (secondary N) is 1. The minimum Gasteiger partial charge on any atom is -0.244 e. The van der Waals surface area contributed by atoms with Crippen LogP contribution in [-0.2, 0) is 0 Å². The number of halogens is 1. The van der Waals surface area contributed by atoms with Gasteiger partial charge in [0.05, 0.1) is 0 Å². The molecule has 1 N–H and O–H groups in total. The summed E-state index contributed by atoms with van der Waals surface area (Å²) in [4.78, 5) is 15.3. The number of aromatic amines is 1. The molecule has 0 amide bonds. The molecule has 14 heavy (non-hydrogen) atoms. The van der Waals surface area contributed by atoms with Gasteiger partial charge in [-0.15, -0.1) is 4.68 Å². The first-order valence-corrected chi connectivity index (χ1v) is 4.61. The number of H-pyrrole nitrogens is 1. The second kappa shape index (κ2) is 3.33. The lowest BCUT2D eigenvalue weighted by Gasteiger charge is -2.01. The van der Waals surface area contributed by atoms with E-state index < -0.39 is 5.69 Å². The molecule has 2 heterocycles. The number of aromatic nitrogens is 5. The van der Waals surface area contributed by atoms with Gasteiger partial charge in [0.2, 0.25) is 0 Å². The van der Waals surface area contributed by atoms with E-state index in [1.54, 1.807) is 6.07 Å². The van der Waals surface area contributed by atoms with Gasteiger partial charge in [0, 0.05) is 0 Å². The van der Waals surface area contributed by atoms with Gasteiger partial charge in [-0.1, -0.05) is 6.07 Å². The first-order valence-electron chi connectivity index (χ1n) is 3.82. The molecule has 2 rings (SSSR count). The molecule has 0 fully saturated rings. The predicted octanol–water partition coefficient (Wildman–Crippen LogP) is 0.422.